The summed E-state index contributed by atoms with van der Waals surface area (Å²) in [7, 11) is -4.49. The second-order valence-electron chi connectivity index (χ2n) is 2.07. The maximum Gasteiger partial charge on any atom is 0.396 e. The smallest absolute Gasteiger partial charge is 0.396 e. The van der Waals surface area contributed by atoms with Gasteiger partial charge in [-0.05, 0) is 0 Å². The number of aliphatic carboxylic acids is 1. The van der Waals surface area contributed by atoms with E-state index >= 15 is 0 Å². The molecule has 0 fully saturated rings. The van der Waals surface area contributed by atoms with Crippen LogP contribution in [0.5, 0.6) is 0 Å². The molecule has 0 saturated carbocycles. The van der Waals surface area contributed by atoms with Crippen LogP contribution in [0.25, 0.3) is 0 Å². The minimum Gasteiger partial charge on any atom is -0.481 e. The number of aliphatic hydroxyl groups excluding tert-OH is 1. The summed E-state index contributed by atoms with van der Waals surface area (Å²) >= 11 is 0. The predicted octanol–water partition coefficient (Wildman–Crippen LogP) is -0.470. The van der Waals surface area contributed by atoms with E-state index in [0.29, 0.717) is 0 Å². The van der Waals surface area contributed by atoms with Crippen molar-refractivity contribution in [2.24, 2.45) is 0 Å². The maximum absolute atomic E-state index is 10.8. The number of rotatable bonds is 6. The Morgan fingerprint density at radius 3 is 2.23 bits per heavy atom. The molecule has 3 N–H and O–H groups in total. The van der Waals surface area contributed by atoms with Gasteiger partial charge in [-0.1, -0.05) is 0 Å². The first-order valence-electron chi connectivity index (χ1n) is 3.23. The summed E-state index contributed by atoms with van der Waals surface area (Å²) in [5.74, 6) is -1.25. The van der Waals surface area contributed by atoms with Crippen molar-refractivity contribution in [3.8, 4) is 0 Å². The number of carboxylic acids is 1. The average Bonchev–Trinajstić information content (AvgIpc) is 1.99. The van der Waals surface area contributed by atoms with Crippen LogP contribution in [0.15, 0.2) is 0 Å². The first-order valence-corrected chi connectivity index (χ1v) is 4.81. The van der Waals surface area contributed by atoms with Crippen molar-refractivity contribution in [2.45, 2.75) is 12.8 Å². The second kappa shape index (κ2) is 5.08. The van der Waals surface area contributed by atoms with Crippen molar-refractivity contribution in [3.05, 3.63) is 0 Å². The molecule has 0 aromatic carbocycles. The summed E-state index contributed by atoms with van der Waals surface area (Å²) in [6, 6.07) is 0. The van der Waals surface area contributed by atoms with Crippen LogP contribution in [0, 0.1) is 0 Å². The van der Waals surface area contributed by atoms with Gasteiger partial charge in [0.15, 0.2) is 6.79 Å². The summed E-state index contributed by atoms with van der Waals surface area (Å²) in [6.45, 7) is -1.06. The fraction of sp³-hybridized carbons (Fsp3) is 0.600. The number of carbonyl (C=O) groups excluding carboxylic acids is 1. The standard InChI is InChI=1S/C5H9O7P/c6-3-12-13(10,11)5(9)2-1-4(7)8/h6H,1-3H2,(H,7,8)(H,10,11). The molecule has 0 aromatic heterocycles. The number of carboxylic acid groups (broad SMARTS) is 1. The molecular formula is C5H9O7P. The zero-order valence-corrected chi connectivity index (χ0v) is 7.44. The van der Waals surface area contributed by atoms with Crippen LogP contribution < -0.4 is 0 Å². The summed E-state index contributed by atoms with van der Waals surface area (Å²) in [4.78, 5) is 29.4. The Bertz CT molecular complexity index is 247. The lowest BCUT2D eigenvalue weighted by atomic mass is 10.3. The van der Waals surface area contributed by atoms with Crippen LogP contribution in [0.4, 0.5) is 0 Å². The topological polar surface area (TPSA) is 121 Å². The van der Waals surface area contributed by atoms with Gasteiger partial charge in [0.1, 0.15) is 0 Å². The highest BCUT2D eigenvalue weighted by atomic mass is 31.2. The molecule has 1 unspecified atom stereocenters. The van der Waals surface area contributed by atoms with E-state index in [0.717, 1.165) is 0 Å². The lowest BCUT2D eigenvalue weighted by molar-refractivity contribution is -0.138. The van der Waals surface area contributed by atoms with Crippen molar-refractivity contribution < 1.29 is 33.8 Å². The van der Waals surface area contributed by atoms with Gasteiger partial charge in [0.2, 0.25) is 5.52 Å². The van der Waals surface area contributed by atoms with Crippen molar-refractivity contribution in [1.82, 2.24) is 0 Å². The van der Waals surface area contributed by atoms with Crippen molar-refractivity contribution in [3.63, 3.8) is 0 Å². The molecule has 0 spiro atoms. The molecule has 1 atom stereocenters. The monoisotopic (exact) mass is 212 g/mol. The van der Waals surface area contributed by atoms with E-state index in [-0.39, 0.29) is 0 Å². The van der Waals surface area contributed by atoms with E-state index in [2.05, 4.69) is 4.52 Å². The third kappa shape index (κ3) is 4.74. The fourth-order valence-corrected chi connectivity index (χ4v) is 1.20. The molecule has 0 amide bonds. The first kappa shape index (κ1) is 12.2. The highest BCUT2D eigenvalue weighted by molar-refractivity contribution is 7.70. The molecular weight excluding hydrogens is 203 g/mol. The lowest BCUT2D eigenvalue weighted by Crippen LogP contribution is -2.06. The number of hydrogen-bond acceptors (Lipinski definition) is 5. The molecule has 0 aliphatic heterocycles. The summed E-state index contributed by atoms with van der Waals surface area (Å²) in [6.07, 6.45) is -1.14. The molecule has 7 nitrogen and oxygen atoms in total. The van der Waals surface area contributed by atoms with Crippen molar-refractivity contribution in [2.75, 3.05) is 6.79 Å². The van der Waals surface area contributed by atoms with Crippen LogP contribution in [-0.2, 0) is 18.7 Å². The van der Waals surface area contributed by atoms with Gasteiger partial charge in [0.05, 0.1) is 6.42 Å². The fourth-order valence-electron chi connectivity index (χ4n) is 0.505. The first-order chi connectivity index (χ1) is 5.90. The van der Waals surface area contributed by atoms with Gasteiger partial charge in [0.25, 0.3) is 0 Å². The summed E-state index contributed by atoms with van der Waals surface area (Å²) < 4.78 is 14.6. The summed E-state index contributed by atoms with van der Waals surface area (Å²) in [5.41, 5.74) is -1.22. The highest BCUT2D eigenvalue weighted by Crippen LogP contribution is 2.43. The van der Waals surface area contributed by atoms with Gasteiger partial charge in [-0.2, -0.15) is 0 Å². The van der Waals surface area contributed by atoms with Gasteiger partial charge >= 0.3 is 13.6 Å². The van der Waals surface area contributed by atoms with Crippen molar-refractivity contribution in [1.29, 1.82) is 0 Å². The Labute approximate surface area is 73.5 Å². The zero-order chi connectivity index (χ0) is 10.5. The van der Waals surface area contributed by atoms with Crippen LogP contribution in [-0.4, -0.2) is 33.4 Å². The number of carbonyl (C=O) groups is 2. The van der Waals surface area contributed by atoms with E-state index in [9.17, 15) is 14.2 Å². The third-order valence-corrected chi connectivity index (χ3v) is 2.42. The molecule has 0 bridgehead atoms. The Kier molecular flexibility index (Phi) is 4.79. The quantitative estimate of drug-likeness (QED) is 0.401. The van der Waals surface area contributed by atoms with Crippen LogP contribution >= 0.6 is 7.60 Å². The van der Waals surface area contributed by atoms with Crippen LogP contribution in [0.2, 0.25) is 0 Å². The SMILES string of the molecule is O=C(O)CCC(=O)P(=O)(O)OCO. The molecule has 13 heavy (non-hydrogen) atoms. The molecule has 0 saturated heterocycles. The zero-order valence-electron chi connectivity index (χ0n) is 6.54. The molecule has 8 heteroatoms. The number of aliphatic hydroxyl groups is 1. The normalized spacial score (nSPS) is 14.9. The van der Waals surface area contributed by atoms with Gasteiger partial charge in [0, 0.05) is 6.42 Å². The predicted molar refractivity (Wildman–Crippen MR) is 39.9 cm³/mol. The van der Waals surface area contributed by atoms with E-state index in [4.69, 9.17) is 15.1 Å². The molecule has 0 aromatic rings. The number of hydrogen-bond donors (Lipinski definition) is 3. The maximum atomic E-state index is 10.8. The average molecular weight is 212 g/mol. The Morgan fingerprint density at radius 2 is 1.85 bits per heavy atom. The molecule has 0 rings (SSSR count). The second-order valence-corrected chi connectivity index (χ2v) is 3.86. The molecule has 0 radical (unpaired) electrons. The minimum absolute atomic E-state index is 0.543. The molecule has 0 heterocycles. The highest BCUT2D eigenvalue weighted by Gasteiger charge is 2.29. The molecule has 76 valence electrons. The van der Waals surface area contributed by atoms with Gasteiger partial charge in [-0.15, -0.1) is 0 Å². The lowest BCUT2D eigenvalue weighted by Gasteiger charge is -2.06. The Morgan fingerprint density at radius 1 is 1.31 bits per heavy atom. The van der Waals surface area contributed by atoms with Crippen molar-refractivity contribution >= 4 is 19.1 Å². The van der Waals surface area contributed by atoms with E-state index in [1.807, 2.05) is 0 Å². The molecule has 0 aliphatic carbocycles. The van der Waals surface area contributed by atoms with Gasteiger partial charge in [-0.3, -0.25) is 18.7 Å². The van der Waals surface area contributed by atoms with E-state index in [1.54, 1.807) is 0 Å². The van der Waals surface area contributed by atoms with Crippen LogP contribution in [0.1, 0.15) is 12.8 Å². The molecule has 0 aliphatic rings. The largest absolute Gasteiger partial charge is 0.481 e. The Balaban J connectivity index is 4.10. The minimum atomic E-state index is -4.49. The third-order valence-electron chi connectivity index (χ3n) is 1.10. The van der Waals surface area contributed by atoms with Gasteiger partial charge < -0.3 is 15.1 Å². The Hall–Kier alpha value is -0.750. The van der Waals surface area contributed by atoms with Crippen LogP contribution in [0.3, 0.4) is 0 Å². The summed E-state index contributed by atoms with van der Waals surface area (Å²) in [5, 5.41) is 16.2. The van der Waals surface area contributed by atoms with E-state index in [1.165, 1.54) is 0 Å². The van der Waals surface area contributed by atoms with E-state index < -0.39 is 38.7 Å². The van der Waals surface area contributed by atoms with Gasteiger partial charge in [-0.25, -0.2) is 0 Å².